The van der Waals surface area contributed by atoms with Crippen molar-refractivity contribution in [3.05, 3.63) is 129 Å². The van der Waals surface area contributed by atoms with Crippen LogP contribution in [-0.4, -0.2) is 5.98 Å². The van der Waals surface area contributed by atoms with Gasteiger partial charge in [0.05, 0.1) is 0 Å². The molecule has 2 aliphatic carbocycles. The van der Waals surface area contributed by atoms with Crippen LogP contribution in [0.15, 0.2) is 96.1 Å². The molecule has 4 heteroatoms. The number of rotatable bonds is 15. The molecule has 50 heavy (non-hydrogen) atoms. The molecule has 0 aliphatic heterocycles. The molecule has 0 N–H and O–H groups in total. The van der Waals surface area contributed by atoms with Crippen LogP contribution in [0, 0.1) is 0 Å². The molecule has 6 rings (SSSR count). The fourth-order valence-corrected chi connectivity index (χ4v) is 53.9. The van der Waals surface area contributed by atoms with Crippen LogP contribution in [0.3, 0.4) is 0 Å². The summed E-state index contributed by atoms with van der Waals surface area (Å²) in [6, 6.07) is 32.2. The average Bonchev–Trinajstić information content (AvgIpc) is 3.70. The molecule has 2 atom stereocenters. The van der Waals surface area contributed by atoms with Crippen molar-refractivity contribution in [3.8, 4) is 22.3 Å². The Morgan fingerprint density at radius 1 is 0.500 bits per heavy atom. The second-order valence-electron chi connectivity index (χ2n) is 15.3. The van der Waals surface area contributed by atoms with Crippen molar-refractivity contribution >= 4 is 35.3 Å². The normalized spacial score (nSPS) is 17.7. The van der Waals surface area contributed by atoms with E-state index in [1.54, 1.807) is 0 Å². The minimum atomic E-state index is -5.02. The van der Waals surface area contributed by atoms with Gasteiger partial charge in [-0.2, -0.15) is 0 Å². The number of fused-ring (bicyclic) bond motifs is 2. The van der Waals surface area contributed by atoms with Crippen LogP contribution in [-0.2, 0) is 28.1 Å². The third-order valence-corrected chi connectivity index (χ3v) is 84.6. The summed E-state index contributed by atoms with van der Waals surface area (Å²) in [5, 5.41) is 0. The average molecular weight is 887 g/mol. The zero-order chi connectivity index (χ0) is 35.5. The molecule has 4 aromatic rings. The van der Waals surface area contributed by atoms with E-state index in [1.165, 1.54) is 92.5 Å². The van der Waals surface area contributed by atoms with E-state index in [2.05, 4.69) is 138 Å². The van der Waals surface area contributed by atoms with Crippen molar-refractivity contribution < 1.29 is 15.3 Å². The molecule has 2 aliphatic rings. The van der Waals surface area contributed by atoms with Crippen LogP contribution >= 0.6 is 17.2 Å². The molecule has 0 fully saturated rings. The topological polar surface area (TPSA) is 0 Å². The summed E-state index contributed by atoms with van der Waals surface area (Å²) in [5.41, 5.74) is 16.9. The first-order valence-electron chi connectivity index (χ1n) is 19.6. The standard InChI is InChI=1S/2C22H25.C2H7Si.2ClH.Hf/c2*1-3-5-10-18-11-6-7-13-20(18)21-14-8-12-19-15-17(9-4-2)16-22(19)21;1-3-2;;;/h2*6-8,11-16H,3-5,9-10H2,1-2H3;3H,1-2H3;2*1H;/q;;;;;+2/p-2. The number of hydrogen-bond acceptors (Lipinski definition) is 0. The van der Waals surface area contributed by atoms with Gasteiger partial charge in [-0.15, -0.1) is 0 Å². The predicted molar refractivity (Wildman–Crippen MR) is 223 cm³/mol. The third kappa shape index (κ3) is 6.70. The zero-order valence-electron chi connectivity index (χ0n) is 31.3. The zero-order valence-corrected chi connectivity index (χ0v) is 37.6. The van der Waals surface area contributed by atoms with Crippen LogP contribution < -0.4 is 0 Å². The van der Waals surface area contributed by atoms with Crippen LogP contribution in [0.4, 0.5) is 0 Å². The van der Waals surface area contributed by atoms with Gasteiger partial charge in [0.25, 0.3) is 0 Å². The van der Waals surface area contributed by atoms with Crippen LogP contribution in [0.5, 0.6) is 0 Å². The van der Waals surface area contributed by atoms with Crippen LogP contribution in [0.2, 0.25) is 13.1 Å². The summed E-state index contributed by atoms with van der Waals surface area (Å²) in [4.78, 5) is 0. The molecule has 2 unspecified atom stereocenters. The Morgan fingerprint density at radius 2 is 0.900 bits per heavy atom. The van der Waals surface area contributed by atoms with Crippen molar-refractivity contribution in [3.63, 3.8) is 0 Å². The minimum absolute atomic E-state index is 0.136. The predicted octanol–water partition coefficient (Wildman–Crippen LogP) is 14.9. The van der Waals surface area contributed by atoms with Crippen molar-refractivity contribution in [2.24, 2.45) is 0 Å². The van der Waals surface area contributed by atoms with Gasteiger partial charge in [-0.3, -0.25) is 0 Å². The Kier molecular flexibility index (Phi) is 12.1. The summed E-state index contributed by atoms with van der Waals surface area (Å²) in [6.07, 6.45) is 16.4. The van der Waals surface area contributed by atoms with Crippen LogP contribution in [0.25, 0.3) is 34.4 Å². The molecule has 0 aromatic heterocycles. The molecule has 0 spiro atoms. The van der Waals surface area contributed by atoms with Crippen molar-refractivity contribution in [2.45, 2.75) is 112 Å². The monoisotopic (exact) mass is 887 g/mol. The van der Waals surface area contributed by atoms with Crippen molar-refractivity contribution in [2.75, 3.05) is 0 Å². The first kappa shape index (κ1) is 37.8. The van der Waals surface area contributed by atoms with Crippen molar-refractivity contribution in [1.29, 1.82) is 0 Å². The Hall–Kier alpha value is -1.97. The summed E-state index contributed by atoms with van der Waals surface area (Å²) < 4.78 is 0.271. The van der Waals surface area contributed by atoms with Gasteiger partial charge in [0.2, 0.25) is 0 Å². The summed E-state index contributed by atoms with van der Waals surface area (Å²) in [6.45, 7) is 14.2. The summed E-state index contributed by atoms with van der Waals surface area (Å²) in [7, 11) is 17.6. The van der Waals surface area contributed by atoms with Gasteiger partial charge in [-0.05, 0) is 0 Å². The van der Waals surface area contributed by atoms with E-state index in [0.717, 1.165) is 38.5 Å². The van der Waals surface area contributed by atoms with Gasteiger partial charge < -0.3 is 0 Å². The second-order valence-corrected chi connectivity index (χ2v) is 74.6. The van der Waals surface area contributed by atoms with Gasteiger partial charge >= 0.3 is 315 Å². The van der Waals surface area contributed by atoms with E-state index in [-0.39, 0.29) is 7.35 Å². The van der Waals surface area contributed by atoms with Gasteiger partial charge in [0.15, 0.2) is 0 Å². The molecular weight excluding hydrogens is 830 g/mol. The SMILES string of the molecule is CCCCc1ccccc1-c1cccc2c1C=C(CCC)[CH]2[Hf]([Cl])([Cl])([CH]1C(CCC)=Cc2c(-c3ccccc3CCCC)cccc21)[SiH](C)C. The van der Waals surface area contributed by atoms with Gasteiger partial charge in [0, 0.05) is 0 Å². The Labute approximate surface area is 312 Å². The number of hydrogen-bond donors (Lipinski definition) is 0. The quantitative estimate of drug-likeness (QED) is 0.104. The van der Waals surface area contributed by atoms with Gasteiger partial charge in [-0.1, -0.05) is 0 Å². The fraction of sp³-hybridized carbons (Fsp3) is 0.391. The van der Waals surface area contributed by atoms with E-state index >= 15 is 0 Å². The molecule has 0 amide bonds. The number of allylic oxidation sites excluding steroid dienone is 2. The van der Waals surface area contributed by atoms with Gasteiger partial charge in [0.1, 0.15) is 0 Å². The molecule has 263 valence electrons. The Bertz CT molecular complexity index is 1770. The van der Waals surface area contributed by atoms with Crippen LogP contribution in [0.1, 0.15) is 120 Å². The first-order chi connectivity index (χ1) is 24.2. The molecule has 0 radical (unpaired) electrons. The molecule has 0 saturated heterocycles. The van der Waals surface area contributed by atoms with E-state index in [9.17, 15) is 0 Å². The summed E-state index contributed by atoms with van der Waals surface area (Å²) in [5.74, 6) is -1.63. The molecule has 0 nitrogen and oxygen atoms in total. The number of halogens is 2. The van der Waals surface area contributed by atoms with E-state index < -0.39 is 21.3 Å². The number of benzene rings is 4. The molecule has 0 saturated carbocycles. The summed E-state index contributed by atoms with van der Waals surface area (Å²) >= 11 is -5.02. The Morgan fingerprint density at radius 3 is 1.28 bits per heavy atom. The number of unbranched alkanes of at least 4 members (excludes halogenated alkanes) is 2. The number of aryl methyl sites for hydroxylation is 2. The maximum absolute atomic E-state index is 8.82. The molecular formula is C46H57Cl2HfSi. The molecule has 0 bridgehead atoms. The third-order valence-electron chi connectivity index (χ3n) is 11.8. The second kappa shape index (κ2) is 16.0. The van der Waals surface area contributed by atoms with E-state index in [4.69, 9.17) is 17.2 Å². The van der Waals surface area contributed by atoms with E-state index in [1.807, 2.05) is 0 Å². The van der Waals surface area contributed by atoms with Crippen molar-refractivity contribution in [1.82, 2.24) is 0 Å². The molecule has 0 heterocycles. The van der Waals surface area contributed by atoms with Gasteiger partial charge in [-0.25, -0.2) is 0 Å². The first-order valence-corrected chi connectivity index (χ1v) is 41.8. The molecule has 4 aromatic carbocycles. The Balaban J connectivity index is 1.57. The fourth-order valence-electron chi connectivity index (χ4n) is 9.28. The van der Waals surface area contributed by atoms with E-state index in [0.29, 0.717) is 0 Å². The maximum atomic E-state index is 8.82.